The highest BCUT2D eigenvalue weighted by atomic mass is 32.2. The number of carbonyl (C=O) groups excluding carboxylic acids is 1. The van der Waals surface area contributed by atoms with Gasteiger partial charge in [-0.25, -0.2) is 8.70 Å². The van der Waals surface area contributed by atoms with E-state index < -0.39 is 28.5 Å². The highest BCUT2D eigenvalue weighted by Gasteiger charge is 2.29. The first-order valence-corrected chi connectivity index (χ1v) is 11.9. The maximum atomic E-state index is 14.4. The van der Waals surface area contributed by atoms with Crippen LogP contribution in [0.4, 0.5) is 15.8 Å². The summed E-state index contributed by atoms with van der Waals surface area (Å²) in [6.45, 7) is 2.30. The zero-order valence-corrected chi connectivity index (χ0v) is 19.4. The fourth-order valence-electron chi connectivity index (χ4n) is 3.95. The molecule has 0 unspecified atom stereocenters. The van der Waals surface area contributed by atoms with Gasteiger partial charge in [-0.15, -0.1) is 0 Å². The molecule has 1 aromatic heterocycles. The maximum Gasteiger partial charge on any atom is 0.304 e. The second kappa shape index (κ2) is 8.84. The average Bonchev–Trinajstić information content (AvgIpc) is 3.11. The molecule has 0 saturated heterocycles. The summed E-state index contributed by atoms with van der Waals surface area (Å²) in [4.78, 5) is 12.9. The van der Waals surface area contributed by atoms with Crippen LogP contribution in [0.2, 0.25) is 0 Å². The van der Waals surface area contributed by atoms with Crippen LogP contribution in [0.25, 0.3) is 21.8 Å². The smallest absolute Gasteiger partial charge is 0.304 e. The molecule has 0 fully saturated rings. The summed E-state index contributed by atoms with van der Waals surface area (Å²) < 4.78 is 44.0. The van der Waals surface area contributed by atoms with E-state index in [9.17, 15) is 17.6 Å². The summed E-state index contributed by atoms with van der Waals surface area (Å²) in [6.07, 6.45) is 0. The van der Waals surface area contributed by atoms with Gasteiger partial charge in [-0.2, -0.15) is 12.7 Å². The number of anilines is 2. The number of aryl methyl sites for hydroxylation is 1. The van der Waals surface area contributed by atoms with Crippen LogP contribution in [-0.2, 0) is 21.5 Å². The van der Waals surface area contributed by atoms with E-state index in [0.29, 0.717) is 5.69 Å². The number of benzene rings is 3. The van der Waals surface area contributed by atoms with Gasteiger partial charge < -0.3 is 9.88 Å². The molecular weight excluding hydrogens is 443 g/mol. The van der Waals surface area contributed by atoms with Crippen molar-refractivity contribution in [3.05, 3.63) is 72.5 Å². The van der Waals surface area contributed by atoms with Crippen molar-refractivity contribution >= 4 is 49.3 Å². The Hall–Kier alpha value is -3.43. The van der Waals surface area contributed by atoms with E-state index in [-0.39, 0.29) is 5.69 Å². The zero-order chi connectivity index (χ0) is 23.8. The molecule has 0 aliphatic heterocycles. The number of nitrogens with one attached hydrogen (secondary N) is 1. The molecule has 0 aliphatic carbocycles. The number of nitrogens with zero attached hydrogens (tertiary/aromatic N) is 3. The number of para-hydroxylation sites is 2. The first-order valence-electron chi connectivity index (χ1n) is 10.5. The Morgan fingerprint density at radius 3 is 2.33 bits per heavy atom. The predicted octanol–water partition coefficient (Wildman–Crippen LogP) is 4.21. The second-order valence-electron chi connectivity index (χ2n) is 7.79. The summed E-state index contributed by atoms with van der Waals surface area (Å²) in [7, 11) is -1.44. The highest BCUT2D eigenvalue weighted by molar-refractivity contribution is 7.90. The standard InChI is InChI=1S/C24H25FN4O3S/c1-4-28-21-11-7-5-9-18(21)19-15-17(13-14-22(19)28)26-24(30)16-29(33(31,32)27(2)3)23-12-8-6-10-20(23)25/h5-15H,4,16H2,1-3H3,(H,26,30). The van der Waals surface area contributed by atoms with E-state index in [1.165, 1.54) is 32.3 Å². The summed E-state index contributed by atoms with van der Waals surface area (Å²) in [5, 5.41) is 4.81. The van der Waals surface area contributed by atoms with Crippen molar-refractivity contribution in [2.24, 2.45) is 0 Å². The molecule has 9 heteroatoms. The van der Waals surface area contributed by atoms with Crippen molar-refractivity contribution in [3.8, 4) is 0 Å². The molecule has 7 nitrogen and oxygen atoms in total. The SMILES string of the molecule is CCn1c2ccccc2c2cc(NC(=O)CN(c3ccccc3F)S(=O)(=O)N(C)C)ccc21. The van der Waals surface area contributed by atoms with Crippen LogP contribution in [-0.4, -0.2) is 43.8 Å². The predicted molar refractivity (Wildman–Crippen MR) is 130 cm³/mol. The number of fused-ring (bicyclic) bond motifs is 3. The molecule has 172 valence electrons. The molecule has 1 amide bonds. The molecule has 0 spiro atoms. The molecule has 4 aromatic rings. The fourth-order valence-corrected chi connectivity index (χ4v) is 5.02. The van der Waals surface area contributed by atoms with Gasteiger partial charge in [0.25, 0.3) is 0 Å². The second-order valence-corrected chi connectivity index (χ2v) is 9.86. The molecule has 0 saturated carbocycles. The first-order chi connectivity index (χ1) is 15.7. The fraction of sp³-hybridized carbons (Fsp3) is 0.208. The lowest BCUT2D eigenvalue weighted by molar-refractivity contribution is -0.114. The quantitative estimate of drug-likeness (QED) is 0.442. The summed E-state index contributed by atoms with van der Waals surface area (Å²) in [5.41, 5.74) is 2.48. The molecular formula is C24H25FN4O3S. The monoisotopic (exact) mass is 468 g/mol. The number of amides is 1. The maximum absolute atomic E-state index is 14.4. The number of aromatic nitrogens is 1. The molecule has 0 atom stereocenters. The van der Waals surface area contributed by atoms with Gasteiger partial charge in [-0.3, -0.25) is 4.79 Å². The van der Waals surface area contributed by atoms with E-state index >= 15 is 0 Å². The van der Waals surface area contributed by atoms with E-state index in [1.54, 1.807) is 6.07 Å². The lowest BCUT2D eigenvalue weighted by atomic mass is 10.1. The van der Waals surface area contributed by atoms with Crippen molar-refractivity contribution < 1.29 is 17.6 Å². The lowest BCUT2D eigenvalue weighted by Gasteiger charge is -2.27. The Morgan fingerprint density at radius 1 is 0.970 bits per heavy atom. The Kier molecular flexibility index (Phi) is 6.09. The summed E-state index contributed by atoms with van der Waals surface area (Å²) in [6, 6.07) is 19.1. The Balaban J connectivity index is 1.67. The number of halogens is 1. The Bertz CT molecular complexity index is 1450. The average molecular weight is 469 g/mol. The molecule has 3 aromatic carbocycles. The third-order valence-corrected chi connectivity index (χ3v) is 7.33. The summed E-state index contributed by atoms with van der Waals surface area (Å²) in [5.74, 6) is -1.31. The van der Waals surface area contributed by atoms with Crippen molar-refractivity contribution in [1.82, 2.24) is 8.87 Å². The van der Waals surface area contributed by atoms with Crippen molar-refractivity contribution in [3.63, 3.8) is 0 Å². The van der Waals surface area contributed by atoms with Gasteiger partial charge in [0.15, 0.2) is 0 Å². The van der Waals surface area contributed by atoms with E-state index in [2.05, 4.69) is 22.9 Å². The summed E-state index contributed by atoms with van der Waals surface area (Å²) >= 11 is 0. The van der Waals surface area contributed by atoms with Crippen LogP contribution < -0.4 is 9.62 Å². The van der Waals surface area contributed by atoms with Crippen LogP contribution >= 0.6 is 0 Å². The van der Waals surface area contributed by atoms with Gasteiger partial charge in [0.2, 0.25) is 5.91 Å². The molecule has 0 aliphatic rings. The van der Waals surface area contributed by atoms with E-state index in [0.717, 1.165) is 43.0 Å². The topological polar surface area (TPSA) is 74.6 Å². The number of hydrogen-bond acceptors (Lipinski definition) is 3. The first kappa shape index (κ1) is 22.8. The zero-order valence-electron chi connectivity index (χ0n) is 18.6. The third-order valence-electron chi connectivity index (χ3n) is 5.52. The van der Waals surface area contributed by atoms with E-state index in [1.807, 2.05) is 30.3 Å². The molecule has 1 N–H and O–H groups in total. The van der Waals surface area contributed by atoms with Crippen molar-refractivity contribution in [1.29, 1.82) is 0 Å². The molecule has 33 heavy (non-hydrogen) atoms. The Morgan fingerprint density at radius 2 is 1.64 bits per heavy atom. The van der Waals surface area contributed by atoms with Gasteiger partial charge in [-0.05, 0) is 43.3 Å². The minimum atomic E-state index is -4.10. The number of hydrogen-bond donors (Lipinski definition) is 1. The van der Waals surface area contributed by atoms with Crippen LogP contribution in [0, 0.1) is 5.82 Å². The van der Waals surface area contributed by atoms with Crippen molar-refractivity contribution in [2.45, 2.75) is 13.5 Å². The minimum absolute atomic E-state index is 0.192. The Labute approximate surface area is 192 Å². The largest absolute Gasteiger partial charge is 0.341 e. The highest BCUT2D eigenvalue weighted by Crippen LogP contribution is 2.31. The van der Waals surface area contributed by atoms with Crippen LogP contribution in [0.3, 0.4) is 0 Å². The molecule has 0 bridgehead atoms. The molecule has 0 radical (unpaired) electrons. The van der Waals surface area contributed by atoms with Crippen LogP contribution in [0.1, 0.15) is 6.92 Å². The number of rotatable bonds is 7. The van der Waals surface area contributed by atoms with Gasteiger partial charge >= 0.3 is 10.2 Å². The number of carbonyl (C=O) groups is 1. The van der Waals surface area contributed by atoms with Gasteiger partial charge in [-0.1, -0.05) is 30.3 Å². The van der Waals surface area contributed by atoms with E-state index in [4.69, 9.17) is 0 Å². The lowest BCUT2D eigenvalue weighted by Crippen LogP contribution is -2.44. The van der Waals surface area contributed by atoms with Crippen LogP contribution in [0.15, 0.2) is 66.7 Å². The van der Waals surface area contributed by atoms with Gasteiger partial charge in [0.1, 0.15) is 12.4 Å². The minimum Gasteiger partial charge on any atom is -0.341 e. The third kappa shape index (κ3) is 4.17. The normalized spacial score (nSPS) is 11.9. The molecule has 4 rings (SSSR count). The van der Waals surface area contributed by atoms with Gasteiger partial charge in [0.05, 0.1) is 5.69 Å². The van der Waals surface area contributed by atoms with Crippen LogP contribution in [0.5, 0.6) is 0 Å². The molecule has 1 heterocycles. The van der Waals surface area contributed by atoms with Crippen molar-refractivity contribution in [2.75, 3.05) is 30.3 Å². The van der Waals surface area contributed by atoms with Gasteiger partial charge in [0, 0.05) is 48.1 Å².